The molecule has 0 aliphatic rings. The molecule has 3 nitrogen and oxygen atoms in total. The molecule has 43 heavy (non-hydrogen) atoms. The van der Waals surface area contributed by atoms with Crippen LogP contribution >= 0.6 is 0 Å². The van der Waals surface area contributed by atoms with E-state index >= 15 is 0 Å². The highest BCUT2D eigenvalue weighted by Crippen LogP contribution is 2.40. The van der Waals surface area contributed by atoms with E-state index in [4.69, 9.17) is 8.83 Å². The molecule has 0 unspecified atom stereocenters. The Labute approximate surface area is 245 Å². The Morgan fingerprint density at radius 3 is 1.65 bits per heavy atom. The molecule has 0 amide bonds. The van der Waals surface area contributed by atoms with Crippen LogP contribution in [0.15, 0.2) is 148 Å². The SMILES string of the molecule is c1ccc2c(-c3ccc4oc5cc6c(cc5c4c3)oc3ccc(-n4c5ccccc5c5ccccc54)cc36)cccc2c1. The van der Waals surface area contributed by atoms with Gasteiger partial charge in [-0.3, -0.25) is 0 Å². The molecule has 0 radical (unpaired) electrons. The molecule has 0 saturated carbocycles. The van der Waals surface area contributed by atoms with E-state index in [1.54, 1.807) is 0 Å². The minimum Gasteiger partial charge on any atom is -0.456 e. The topological polar surface area (TPSA) is 31.2 Å². The number of fused-ring (bicyclic) bond motifs is 10. The Morgan fingerprint density at radius 1 is 0.372 bits per heavy atom. The number of hydrogen-bond donors (Lipinski definition) is 0. The summed E-state index contributed by atoms with van der Waals surface area (Å²) in [6.07, 6.45) is 0. The highest BCUT2D eigenvalue weighted by molar-refractivity contribution is 6.16. The molecular formula is C40H23NO2. The number of nitrogens with zero attached hydrogens (tertiary/aromatic N) is 1. The van der Waals surface area contributed by atoms with Gasteiger partial charge < -0.3 is 13.4 Å². The summed E-state index contributed by atoms with van der Waals surface area (Å²) in [5, 5.41) is 9.27. The maximum atomic E-state index is 6.45. The first-order valence-corrected chi connectivity index (χ1v) is 14.6. The van der Waals surface area contributed by atoms with Crippen molar-refractivity contribution in [3.8, 4) is 16.8 Å². The lowest BCUT2D eigenvalue weighted by Crippen LogP contribution is -1.93. The maximum Gasteiger partial charge on any atom is 0.136 e. The Bertz CT molecular complexity index is 2680. The number of furan rings is 2. The minimum absolute atomic E-state index is 0.861. The van der Waals surface area contributed by atoms with E-state index < -0.39 is 0 Å². The Morgan fingerprint density at radius 2 is 0.930 bits per heavy atom. The zero-order valence-corrected chi connectivity index (χ0v) is 23.0. The van der Waals surface area contributed by atoms with E-state index in [2.05, 4.69) is 144 Å². The van der Waals surface area contributed by atoms with Crippen molar-refractivity contribution >= 4 is 76.5 Å². The Kier molecular flexibility index (Phi) is 4.45. The Balaban J connectivity index is 1.18. The highest BCUT2D eigenvalue weighted by Gasteiger charge is 2.17. The summed E-state index contributed by atoms with van der Waals surface area (Å²) in [4.78, 5) is 0. The van der Waals surface area contributed by atoms with Gasteiger partial charge >= 0.3 is 0 Å². The third-order valence-electron chi connectivity index (χ3n) is 8.98. The standard InChI is InChI=1S/C40H23NO2/c1-2-10-27-24(8-1)9-7-13-28(27)25-16-18-37-31(20-25)33-22-40-34(23-39(33)42-37)32-21-26(17-19-38(32)43-40)41-35-14-5-3-11-29(35)30-12-4-6-15-36(30)41/h1-23H. The van der Waals surface area contributed by atoms with Crippen LogP contribution in [0.2, 0.25) is 0 Å². The number of rotatable bonds is 2. The number of hydrogen-bond acceptors (Lipinski definition) is 2. The molecular weight excluding hydrogens is 526 g/mol. The highest BCUT2D eigenvalue weighted by atomic mass is 16.3. The molecule has 3 aromatic heterocycles. The van der Waals surface area contributed by atoms with Gasteiger partial charge in [0.2, 0.25) is 0 Å². The van der Waals surface area contributed by atoms with Crippen LogP contribution in [-0.2, 0) is 0 Å². The lowest BCUT2D eigenvalue weighted by Gasteiger charge is -2.07. The molecule has 0 atom stereocenters. The van der Waals surface area contributed by atoms with Crippen molar-refractivity contribution in [1.82, 2.24) is 4.57 Å². The zero-order chi connectivity index (χ0) is 28.1. The van der Waals surface area contributed by atoms with Crippen molar-refractivity contribution in [1.29, 1.82) is 0 Å². The summed E-state index contributed by atoms with van der Waals surface area (Å²) >= 11 is 0. The van der Waals surface area contributed by atoms with Gasteiger partial charge in [0, 0.05) is 38.0 Å². The van der Waals surface area contributed by atoms with Gasteiger partial charge in [-0.25, -0.2) is 0 Å². The molecule has 0 fully saturated rings. The van der Waals surface area contributed by atoms with Crippen LogP contribution < -0.4 is 0 Å². The summed E-state index contributed by atoms with van der Waals surface area (Å²) in [5.74, 6) is 0. The monoisotopic (exact) mass is 549 g/mol. The second-order valence-electron chi connectivity index (χ2n) is 11.3. The van der Waals surface area contributed by atoms with Crippen LogP contribution in [0.3, 0.4) is 0 Å². The van der Waals surface area contributed by atoms with Gasteiger partial charge in [-0.05, 0) is 76.5 Å². The predicted molar refractivity (Wildman–Crippen MR) is 178 cm³/mol. The fourth-order valence-corrected chi connectivity index (χ4v) is 7.02. The van der Waals surface area contributed by atoms with Crippen molar-refractivity contribution in [2.45, 2.75) is 0 Å². The van der Waals surface area contributed by atoms with Crippen LogP contribution in [0.25, 0.3) is 93.3 Å². The summed E-state index contributed by atoms with van der Waals surface area (Å²) in [6, 6.07) is 49.5. The normalized spacial score (nSPS) is 12.2. The smallest absolute Gasteiger partial charge is 0.136 e. The average molecular weight is 550 g/mol. The lowest BCUT2D eigenvalue weighted by molar-refractivity contribution is 0.664. The zero-order valence-electron chi connectivity index (χ0n) is 23.0. The second kappa shape index (κ2) is 8.37. The molecule has 7 aromatic carbocycles. The number of para-hydroxylation sites is 2. The molecule has 0 aliphatic carbocycles. The summed E-state index contributed by atoms with van der Waals surface area (Å²) in [6.45, 7) is 0. The molecule has 3 heterocycles. The fourth-order valence-electron chi connectivity index (χ4n) is 7.02. The van der Waals surface area contributed by atoms with E-state index in [1.165, 1.54) is 43.7 Å². The van der Waals surface area contributed by atoms with Crippen molar-refractivity contribution in [3.05, 3.63) is 140 Å². The molecule has 0 bridgehead atoms. The summed E-state index contributed by atoms with van der Waals surface area (Å²) in [5.41, 5.74) is 9.36. The molecule has 0 saturated heterocycles. The molecule has 0 N–H and O–H groups in total. The first kappa shape index (κ1) is 22.8. The number of aromatic nitrogens is 1. The maximum absolute atomic E-state index is 6.45. The molecule has 0 spiro atoms. The summed E-state index contributed by atoms with van der Waals surface area (Å²) in [7, 11) is 0. The quantitative estimate of drug-likeness (QED) is 0.215. The lowest BCUT2D eigenvalue weighted by atomic mass is 9.97. The molecule has 200 valence electrons. The third-order valence-corrected chi connectivity index (χ3v) is 8.98. The number of benzene rings is 7. The van der Waals surface area contributed by atoms with Crippen LogP contribution in [0.4, 0.5) is 0 Å². The Hall–Kier alpha value is -5.80. The van der Waals surface area contributed by atoms with Crippen LogP contribution in [0.5, 0.6) is 0 Å². The largest absolute Gasteiger partial charge is 0.456 e. The van der Waals surface area contributed by atoms with Crippen LogP contribution in [-0.4, -0.2) is 4.57 Å². The van der Waals surface area contributed by atoms with Crippen LogP contribution in [0.1, 0.15) is 0 Å². The van der Waals surface area contributed by atoms with Crippen molar-refractivity contribution in [2.75, 3.05) is 0 Å². The van der Waals surface area contributed by atoms with E-state index in [1.807, 2.05) is 0 Å². The summed E-state index contributed by atoms with van der Waals surface area (Å²) < 4.78 is 15.2. The van der Waals surface area contributed by atoms with Gasteiger partial charge in [0.15, 0.2) is 0 Å². The molecule has 10 aromatic rings. The molecule has 3 heteroatoms. The first-order chi connectivity index (χ1) is 21.3. The minimum atomic E-state index is 0.861. The van der Waals surface area contributed by atoms with Gasteiger partial charge in [0.05, 0.1) is 11.0 Å². The van der Waals surface area contributed by atoms with Gasteiger partial charge in [-0.1, -0.05) is 84.9 Å². The fraction of sp³-hybridized carbons (Fsp3) is 0. The second-order valence-corrected chi connectivity index (χ2v) is 11.3. The van der Waals surface area contributed by atoms with Crippen LogP contribution in [0, 0.1) is 0 Å². The molecule has 10 rings (SSSR count). The van der Waals surface area contributed by atoms with E-state index in [0.717, 1.165) is 49.6 Å². The van der Waals surface area contributed by atoms with Gasteiger partial charge in [0.1, 0.15) is 22.3 Å². The van der Waals surface area contributed by atoms with Crippen molar-refractivity contribution in [2.24, 2.45) is 0 Å². The van der Waals surface area contributed by atoms with E-state index in [-0.39, 0.29) is 0 Å². The van der Waals surface area contributed by atoms with Crippen molar-refractivity contribution in [3.63, 3.8) is 0 Å². The predicted octanol–water partition coefficient (Wildman–Crippen LogP) is 11.4. The van der Waals surface area contributed by atoms with E-state index in [0.29, 0.717) is 0 Å². The van der Waals surface area contributed by atoms with Gasteiger partial charge in [0.25, 0.3) is 0 Å². The average Bonchev–Trinajstić information content (AvgIpc) is 3.71. The third kappa shape index (κ3) is 3.19. The van der Waals surface area contributed by atoms with Gasteiger partial charge in [-0.15, -0.1) is 0 Å². The first-order valence-electron chi connectivity index (χ1n) is 14.6. The van der Waals surface area contributed by atoms with Crippen molar-refractivity contribution < 1.29 is 8.83 Å². The van der Waals surface area contributed by atoms with E-state index in [9.17, 15) is 0 Å². The molecule has 0 aliphatic heterocycles. The van der Waals surface area contributed by atoms with Gasteiger partial charge in [-0.2, -0.15) is 0 Å².